The summed E-state index contributed by atoms with van der Waals surface area (Å²) in [6.07, 6.45) is 1.35. The number of rotatable bonds is 5. The predicted octanol–water partition coefficient (Wildman–Crippen LogP) is 2.46. The van der Waals surface area contributed by atoms with Crippen molar-refractivity contribution in [3.63, 3.8) is 0 Å². The molecule has 0 aliphatic rings. The Labute approximate surface area is 186 Å². The number of anilines is 1. The molecule has 4 rings (SSSR count). The fourth-order valence-corrected chi connectivity index (χ4v) is 3.33. The van der Waals surface area contributed by atoms with Crippen molar-refractivity contribution in [3.05, 3.63) is 80.6 Å². The second kappa shape index (κ2) is 8.64. The number of benzene rings is 2. The van der Waals surface area contributed by atoms with Gasteiger partial charge in [0.25, 0.3) is 5.56 Å². The van der Waals surface area contributed by atoms with Gasteiger partial charge in [-0.3, -0.25) is 18.7 Å². The normalized spacial score (nSPS) is 10.8. The molecule has 9 nitrogen and oxygen atoms in total. The van der Waals surface area contributed by atoms with Gasteiger partial charge in [-0.1, -0.05) is 17.7 Å². The molecule has 0 aliphatic carbocycles. The molecule has 10 heteroatoms. The van der Waals surface area contributed by atoms with Gasteiger partial charge in [-0.15, -0.1) is 0 Å². The molecular weight excluding hydrogens is 434 g/mol. The number of amides is 1. The van der Waals surface area contributed by atoms with Crippen LogP contribution in [0, 0.1) is 0 Å². The van der Waals surface area contributed by atoms with Crippen LogP contribution < -0.4 is 21.3 Å². The second-order valence-corrected chi connectivity index (χ2v) is 7.39. The molecule has 2 heterocycles. The van der Waals surface area contributed by atoms with Gasteiger partial charge in [-0.25, -0.2) is 14.8 Å². The number of ether oxygens (including phenoxy) is 1. The summed E-state index contributed by atoms with van der Waals surface area (Å²) in [7, 11) is 3.00. The maximum absolute atomic E-state index is 12.9. The number of carbonyl (C=O) groups excluding carboxylic acids is 1. The van der Waals surface area contributed by atoms with E-state index in [0.717, 1.165) is 4.57 Å². The van der Waals surface area contributed by atoms with Crippen LogP contribution >= 0.6 is 11.6 Å². The third kappa shape index (κ3) is 4.10. The van der Waals surface area contributed by atoms with Crippen molar-refractivity contribution < 1.29 is 9.53 Å². The minimum atomic E-state index is -0.663. The Morgan fingerprint density at radius 2 is 1.91 bits per heavy atom. The van der Waals surface area contributed by atoms with Crippen molar-refractivity contribution in [1.29, 1.82) is 0 Å². The summed E-state index contributed by atoms with van der Waals surface area (Å²) in [5, 5.41) is 3.34. The Bertz CT molecular complexity index is 1440. The van der Waals surface area contributed by atoms with E-state index >= 15 is 0 Å². The molecule has 0 fully saturated rings. The van der Waals surface area contributed by atoms with Crippen LogP contribution in [0.3, 0.4) is 0 Å². The Morgan fingerprint density at radius 1 is 1.16 bits per heavy atom. The van der Waals surface area contributed by atoms with Crippen LogP contribution in [-0.2, 0) is 18.4 Å². The number of halogens is 1. The minimum absolute atomic E-state index is 0.124. The first-order valence-corrected chi connectivity index (χ1v) is 9.91. The number of fused-ring (bicyclic) bond motifs is 1. The molecule has 0 aliphatic heterocycles. The number of aromatic nitrogens is 4. The Hall–Kier alpha value is -3.98. The van der Waals surface area contributed by atoms with Gasteiger partial charge in [0.05, 0.1) is 7.11 Å². The zero-order valence-electron chi connectivity index (χ0n) is 17.2. The van der Waals surface area contributed by atoms with Gasteiger partial charge < -0.3 is 10.1 Å². The molecule has 0 atom stereocenters. The van der Waals surface area contributed by atoms with Crippen molar-refractivity contribution in [3.8, 4) is 17.1 Å². The van der Waals surface area contributed by atoms with Gasteiger partial charge in [0.15, 0.2) is 11.5 Å². The third-order valence-corrected chi connectivity index (χ3v) is 5.09. The van der Waals surface area contributed by atoms with Crippen molar-refractivity contribution >= 4 is 34.2 Å². The van der Waals surface area contributed by atoms with Crippen LogP contribution in [0.2, 0.25) is 5.02 Å². The molecule has 0 spiro atoms. The average Bonchev–Trinajstić information content (AvgIpc) is 2.80. The lowest BCUT2D eigenvalue weighted by atomic mass is 10.2. The van der Waals surface area contributed by atoms with Gasteiger partial charge in [0, 0.05) is 35.6 Å². The molecular formula is C22H18ClN5O4. The summed E-state index contributed by atoms with van der Waals surface area (Å²) in [6, 6.07) is 13.6. The maximum atomic E-state index is 12.9. The van der Waals surface area contributed by atoms with Gasteiger partial charge >= 0.3 is 5.69 Å². The van der Waals surface area contributed by atoms with E-state index in [0.29, 0.717) is 27.8 Å². The molecule has 2 aromatic heterocycles. The van der Waals surface area contributed by atoms with E-state index in [2.05, 4.69) is 15.3 Å². The molecule has 0 saturated carbocycles. The third-order valence-electron chi connectivity index (χ3n) is 4.84. The first-order valence-electron chi connectivity index (χ1n) is 9.54. The van der Waals surface area contributed by atoms with E-state index in [1.54, 1.807) is 48.5 Å². The summed E-state index contributed by atoms with van der Waals surface area (Å²) in [5.74, 6) is 0.378. The molecule has 1 N–H and O–H groups in total. The van der Waals surface area contributed by atoms with E-state index in [9.17, 15) is 14.4 Å². The van der Waals surface area contributed by atoms with Gasteiger partial charge in [-0.05, 0) is 36.4 Å². The molecule has 162 valence electrons. The maximum Gasteiger partial charge on any atom is 0.332 e. The number of carbonyl (C=O) groups is 1. The highest BCUT2D eigenvalue weighted by molar-refractivity contribution is 6.30. The number of methoxy groups -OCH3 is 1. The first kappa shape index (κ1) is 21.3. The number of hydrogen-bond donors (Lipinski definition) is 1. The van der Waals surface area contributed by atoms with E-state index in [1.807, 2.05) is 0 Å². The number of nitrogens with zero attached hydrogens (tertiary/aromatic N) is 4. The zero-order chi connectivity index (χ0) is 22.8. The monoisotopic (exact) mass is 451 g/mol. The molecule has 0 radical (unpaired) electrons. The molecule has 2 aromatic carbocycles. The highest BCUT2D eigenvalue weighted by Gasteiger charge is 2.16. The Kier molecular flexibility index (Phi) is 5.74. The summed E-state index contributed by atoms with van der Waals surface area (Å²) in [5.41, 5.74) is 0.0292. The number of nitrogens with one attached hydrogen (secondary N) is 1. The van der Waals surface area contributed by atoms with Crippen molar-refractivity contribution in [2.75, 3.05) is 12.4 Å². The lowest BCUT2D eigenvalue weighted by molar-refractivity contribution is -0.116. The zero-order valence-corrected chi connectivity index (χ0v) is 18.0. The molecule has 0 saturated heterocycles. The highest BCUT2D eigenvalue weighted by Crippen LogP contribution is 2.19. The van der Waals surface area contributed by atoms with Crippen LogP contribution in [-0.4, -0.2) is 32.1 Å². The lowest BCUT2D eigenvalue weighted by Crippen LogP contribution is -2.42. The van der Waals surface area contributed by atoms with Crippen molar-refractivity contribution in [2.24, 2.45) is 7.05 Å². The minimum Gasteiger partial charge on any atom is -0.497 e. The lowest BCUT2D eigenvalue weighted by Gasteiger charge is -2.11. The van der Waals surface area contributed by atoms with E-state index in [4.69, 9.17) is 16.3 Å². The van der Waals surface area contributed by atoms with E-state index in [1.165, 1.54) is 24.9 Å². The second-order valence-electron chi connectivity index (χ2n) is 6.95. The summed E-state index contributed by atoms with van der Waals surface area (Å²) >= 11 is 5.92. The van der Waals surface area contributed by atoms with Crippen LogP contribution in [0.15, 0.2) is 64.3 Å². The summed E-state index contributed by atoms with van der Waals surface area (Å²) in [4.78, 5) is 46.9. The topological polar surface area (TPSA) is 108 Å². The Balaban J connectivity index is 1.69. The first-order chi connectivity index (χ1) is 15.4. The molecule has 0 unspecified atom stereocenters. The number of aryl methyl sites for hydroxylation is 1. The average molecular weight is 452 g/mol. The SMILES string of the molecule is COc1cccc(NC(=O)Cn2c(=O)c3cnc(-c4ccc(Cl)cc4)nc3n(C)c2=O)c1. The standard InChI is InChI=1S/C22H18ClN5O4/c1-27-20-17(11-24-19(26-20)13-6-8-14(23)9-7-13)21(30)28(22(27)31)12-18(29)25-15-4-3-5-16(10-15)32-2/h3-11H,12H2,1-2H3,(H,25,29). The fraction of sp³-hybridized carbons (Fsp3) is 0.136. The predicted molar refractivity (Wildman–Crippen MR) is 121 cm³/mol. The van der Waals surface area contributed by atoms with E-state index in [-0.39, 0.29) is 11.0 Å². The molecule has 32 heavy (non-hydrogen) atoms. The highest BCUT2D eigenvalue weighted by atomic mass is 35.5. The van der Waals surface area contributed by atoms with Gasteiger partial charge in [0.1, 0.15) is 17.7 Å². The van der Waals surface area contributed by atoms with E-state index < -0.39 is 23.7 Å². The van der Waals surface area contributed by atoms with Gasteiger partial charge in [-0.2, -0.15) is 0 Å². The summed E-state index contributed by atoms with van der Waals surface area (Å²) in [6.45, 7) is -0.461. The van der Waals surface area contributed by atoms with Crippen LogP contribution in [0.25, 0.3) is 22.4 Å². The van der Waals surface area contributed by atoms with Crippen LogP contribution in [0.5, 0.6) is 5.75 Å². The quantitative estimate of drug-likeness (QED) is 0.499. The fourth-order valence-electron chi connectivity index (χ4n) is 3.21. The largest absolute Gasteiger partial charge is 0.497 e. The Morgan fingerprint density at radius 3 is 2.62 bits per heavy atom. The molecule has 0 bridgehead atoms. The molecule has 1 amide bonds. The summed E-state index contributed by atoms with van der Waals surface area (Å²) < 4.78 is 7.19. The smallest absolute Gasteiger partial charge is 0.332 e. The van der Waals surface area contributed by atoms with Crippen LogP contribution in [0.4, 0.5) is 5.69 Å². The van der Waals surface area contributed by atoms with Crippen molar-refractivity contribution in [2.45, 2.75) is 6.54 Å². The molecule has 4 aromatic rings. The number of hydrogen-bond acceptors (Lipinski definition) is 6. The van der Waals surface area contributed by atoms with Crippen molar-refractivity contribution in [1.82, 2.24) is 19.1 Å². The van der Waals surface area contributed by atoms with Crippen LogP contribution in [0.1, 0.15) is 0 Å². The van der Waals surface area contributed by atoms with Gasteiger partial charge in [0.2, 0.25) is 5.91 Å².